The lowest BCUT2D eigenvalue weighted by Gasteiger charge is -2.31. The van der Waals surface area contributed by atoms with Gasteiger partial charge in [-0.1, -0.05) is 18.2 Å². The van der Waals surface area contributed by atoms with Gasteiger partial charge < -0.3 is 14.2 Å². The maximum Gasteiger partial charge on any atom is 0.166 e. The van der Waals surface area contributed by atoms with E-state index in [0.29, 0.717) is 25.6 Å². The average molecular weight is 381 g/mol. The zero-order valence-electron chi connectivity index (χ0n) is 16.4. The van der Waals surface area contributed by atoms with Crippen molar-refractivity contribution >= 4 is 5.78 Å². The van der Waals surface area contributed by atoms with Crippen molar-refractivity contribution in [3.05, 3.63) is 53.6 Å². The third-order valence-electron chi connectivity index (χ3n) is 5.45. The summed E-state index contributed by atoms with van der Waals surface area (Å²) in [4.78, 5) is 15.4. The molecule has 5 nitrogen and oxygen atoms in total. The molecule has 0 radical (unpaired) electrons. The topological polar surface area (TPSA) is 48.0 Å². The number of Topliss-reactive ketones (excluding diaryl/α,β-unsaturated/α-hetero) is 1. The van der Waals surface area contributed by atoms with Crippen molar-refractivity contribution < 1.29 is 19.0 Å². The number of carbonyl (C=O) groups is 1. The van der Waals surface area contributed by atoms with Crippen molar-refractivity contribution in [3.63, 3.8) is 0 Å². The highest BCUT2D eigenvalue weighted by Gasteiger charge is 2.27. The van der Waals surface area contributed by atoms with Gasteiger partial charge in [0.15, 0.2) is 17.3 Å². The highest BCUT2D eigenvalue weighted by Crippen LogP contribution is 2.33. The molecule has 28 heavy (non-hydrogen) atoms. The first-order chi connectivity index (χ1) is 13.7. The molecule has 0 N–H and O–H groups in total. The number of piperidine rings is 1. The normalized spacial score (nSPS) is 17.3. The fraction of sp³-hybridized carbons (Fsp3) is 0.435. The van der Waals surface area contributed by atoms with Gasteiger partial charge in [0.25, 0.3) is 0 Å². The quantitative estimate of drug-likeness (QED) is 0.709. The third-order valence-corrected chi connectivity index (χ3v) is 5.45. The van der Waals surface area contributed by atoms with Gasteiger partial charge in [-0.3, -0.25) is 9.69 Å². The van der Waals surface area contributed by atoms with E-state index >= 15 is 0 Å². The Bertz CT molecular complexity index is 827. The van der Waals surface area contributed by atoms with E-state index in [1.54, 1.807) is 0 Å². The second kappa shape index (κ2) is 8.65. The number of hydrogen-bond donors (Lipinski definition) is 0. The van der Waals surface area contributed by atoms with Gasteiger partial charge in [-0.15, -0.1) is 0 Å². The van der Waals surface area contributed by atoms with Gasteiger partial charge in [0.1, 0.15) is 19.0 Å². The standard InChI is InChI=1S/C23H27NO4/c1-2-26-20-6-4-3-5-19(20)16-24-11-9-17(10-12-24)23(25)18-7-8-21-22(15-18)28-14-13-27-21/h3-8,15,17H,2,9-14,16H2,1H3. The molecule has 0 amide bonds. The van der Waals surface area contributed by atoms with E-state index in [1.807, 2.05) is 37.3 Å². The molecule has 148 valence electrons. The Morgan fingerprint density at radius 1 is 1.07 bits per heavy atom. The summed E-state index contributed by atoms with van der Waals surface area (Å²) in [5.41, 5.74) is 1.94. The van der Waals surface area contributed by atoms with Gasteiger partial charge in [0.2, 0.25) is 0 Å². The number of ether oxygens (including phenoxy) is 3. The van der Waals surface area contributed by atoms with Gasteiger partial charge in [-0.2, -0.15) is 0 Å². The fourth-order valence-electron chi connectivity index (χ4n) is 3.96. The van der Waals surface area contributed by atoms with Crippen LogP contribution >= 0.6 is 0 Å². The first-order valence-electron chi connectivity index (χ1n) is 10.1. The Morgan fingerprint density at radius 2 is 1.82 bits per heavy atom. The molecule has 0 atom stereocenters. The van der Waals surface area contributed by atoms with Crippen LogP contribution in [0.4, 0.5) is 0 Å². The van der Waals surface area contributed by atoms with E-state index in [1.165, 1.54) is 5.56 Å². The Morgan fingerprint density at radius 3 is 2.61 bits per heavy atom. The van der Waals surface area contributed by atoms with Crippen molar-refractivity contribution in [1.29, 1.82) is 0 Å². The predicted octanol–water partition coefficient (Wildman–Crippen LogP) is 3.95. The van der Waals surface area contributed by atoms with E-state index < -0.39 is 0 Å². The maximum absolute atomic E-state index is 13.0. The van der Waals surface area contributed by atoms with Crippen LogP contribution in [0.5, 0.6) is 17.2 Å². The summed E-state index contributed by atoms with van der Waals surface area (Å²) in [6.45, 7) is 6.47. The monoisotopic (exact) mass is 381 g/mol. The Hall–Kier alpha value is -2.53. The SMILES string of the molecule is CCOc1ccccc1CN1CCC(C(=O)c2ccc3c(c2)OCCO3)CC1. The number of likely N-dealkylation sites (tertiary alicyclic amines) is 1. The van der Waals surface area contributed by atoms with Crippen molar-refractivity contribution in [2.24, 2.45) is 5.92 Å². The summed E-state index contributed by atoms with van der Waals surface area (Å²) in [5, 5.41) is 0. The van der Waals surface area contributed by atoms with Crippen LogP contribution in [0, 0.1) is 5.92 Å². The van der Waals surface area contributed by atoms with Crippen LogP contribution in [0.15, 0.2) is 42.5 Å². The van der Waals surface area contributed by atoms with Crippen molar-refractivity contribution in [3.8, 4) is 17.2 Å². The second-order valence-corrected chi connectivity index (χ2v) is 7.31. The minimum atomic E-state index is 0.0703. The molecule has 5 heteroatoms. The van der Waals surface area contributed by atoms with Crippen LogP contribution in [-0.4, -0.2) is 43.6 Å². The zero-order valence-corrected chi connectivity index (χ0v) is 16.4. The second-order valence-electron chi connectivity index (χ2n) is 7.31. The number of nitrogens with zero attached hydrogens (tertiary/aromatic N) is 1. The number of benzene rings is 2. The fourth-order valence-corrected chi connectivity index (χ4v) is 3.96. The summed E-state index contributed by atoms with van der Waals surface area (Å²) in [7, 11) is 0. The molecule has 2 aliphatic heterocycles. The molecule has 0 saturated carbocycles. The first kappa shape index (κ1) is 18.8. The van der Waals surface area contributed by atoms with Gasteiger partial charge in [0.05, 0.1) is 6.61 Å². The number of hydrogen-bond acceptors (Lipinski definition) is 5. The molecular weight excluding hydrogens is 354 g/mol. The minimum Gasteiger partial charge on any atom is -0.494 e. The average Bonchev–Trinajstić information content (AvgIpc) is 2.75. The molecule has 0 aromatic heterocycles. The van der Waals surface area contributed by atoms with E-state index in [9.17, 15) is 4.79 Å². The van der Waals surface area contributed by atoms with E-state index in [4.69, 9.17) is 14.2 Å². The Labute approximate surface area is 166 Å². The molecule has 0 unspecified atom stereocenters. The van der Waals surface area contributed by atoms with E-state index in [2.05, 4.69) is 17.0 Å². The molecule has 2 heterocycles. The molecule has 2 aromatic carbocycles. The molecule has 1 saturated heterocycles. The van der Waals surface area contributed by atoms with Crippen LogP contribution in [0.25, 0.3) is 0 Å². The number of fused-ring (bicyclic) bond motifs is 1. The smallest absolute Gasteiger partial charge is 0.166 e. The van der Waals surface area contributed by atoms with Crippen molar-refractivity contribution in [2.75, 3.05) is 32.9 Å². The lowest BCUT2D eigenvalue weighted by atomic mass is 9.88. The van der Waals surface area contributed by atoms with Gasteiger partial charge in [-0.25, -0.2) is 0 Å². The molecule has 2 aliphatic rings. The zero-order chi connectivity index (χ0) is 19.3. The van der Waals surface area contributed by atoms with Crippen molar-refractivity contribution in [1.82, 2.24) is 4.90 Å². The summed E-state index contributed by atoms with van der Waals surface area (Å²) in [6, 6.07) is 13.8. The summed E-state index contributed by atoms with van der Waals surface area (Å²) in [5.74, 6) is 2.65. The highest BCUT2D eigenvalue weighted by molar-refractivity contribution is 5.98. The third kappa shape index (κ3) is 4.14. The van der Waals surface area contributed by atoms with Crippen LogP contribution < -0.4 is 14.2 Å². The molecule has 4 rings (SSSR count). The maximum atomic E-state index is 13.0. The predicted molar refractivity (Wildman–Crippen MR) is 107 cm³/mol. The molecule has 1 fully saturated rings. The summed E-state index contributed by atoms with van der Waals surface area (Å²) < 4.78 is 16.9. The molecular formula is C23H27NO4. The number of carbonyl (C=O) groups excluding carboxylic acids is 1. The first-order valence-corrected chi connectivity index (χ1v) is 10.1. The minimum absolute atomic E-state index is 0.0703. The van der Waals surface area contributed by atoms with Crippen LogP contribution in [0.3, 0.4) is 0 Å². The largest absolute Gasteiger partial charge is 0.494 e. The lowest BCUT2D eigenvalue weighted by Crippen LogP contribution is -2.36. The Balaban J connectivity index is 1.36. The number of ketones is 1. The molecule has 2 aromatic rings. The molecule has 0 bridgehead atoms. The number of rotatable bonds is 6. The number of para-hydroxylation sites is 1. The van der Waals surface area contributed by atoms with Crippen LogP contribution in [-0.2, 0) is 6.54 Å². The summed E-state index contributed by atoms with van der Waals surface area (Å²) in [6.07, 6.45) is 1.76. The molecule has 0 aliphatic carbocycles. The van der Waals surface area contributed by atoms with Gasteiger partial charge in [-0.05, 0) is 57.1 Å². The van der Waals surface area contributed by atoms with Crippen LogP contribution in [0.1, 0.15) is 35.7 Å². The molecule has 0 spiro atoms. The van der Waals surface area contributed by atoms with Gasteiger partial charge >= 0.3 is 0 Å². The lowest BCUT2D eigenvalue weighted by molar-refractivity contribution is 0.0832. The highest BCUT2D eigenvalue weighted by atomic mass is 16.6. The van der Waals surface area contributed by atoms with E-state index in [-0.39, 0.29) is 11.7 Å². The summed E-state index contributed by atoms with van der Waals surface area (Å²) >= 11 is 0. The van der Waals surface area contributed by atoms with Crippen LogP contribution in [0.2, 0.25) is 0 Å². The van der Waals surface area contributed by atoms with Crippen molar-refractivity contribution in [2.45, 2.75) is 26.3 Å². The Kier molecular flexibility index (Phi) is 5.81. The van der Waals surface area contributed by atoms with Gasteiger partial charge in [0, 0.05) is 23.6 Å². The van der Waals surface area contributed by atoms with E-state index in [0.717, 1.165) is 49.5 Å².